The molecule has 7 heteroatoms. The number of nitrogens with zero attached hydrogens (tertiary/aromatic N) is 1. The summed E-state index contributed by atoms with van der Waals surface area (Å²) in [5.41, 5.74) is 0.973. The molecule has 1 aromatic rings. The second kappa shape index (κ2) is 5.75. The first-order valence-corrected chi connectivity index (χ1v) is 8.42. The summed E-state index contributed by atoms with van der Waals surface area (Å²) in [6.07, 6.45) is 0. The summed E-state index contributed by atoms with van der Waals surface area (Å²) in [6, 6.07) is 4.98. The number of carbonyl (C=O) groups excluding carboxylic acids is 1. The minimum absolute atomic E-state index is 0.0566. The van der Waals surface area contributed by atoms with Gasteiger partial charge in [0.25, 0.3) is 5.91 Å². The summed E-state index contributed by atoms with van der Waals surface area (Å²) >= 11 is 0. The fourth-order valence-electron chi connectivity index (χ4n) is 2.78. The Bertz CT molecular complexity index is 647. The molecule has 6 nitrogen and oxygen atoms in total. The van der Waals surface area contributed by atoms with Crippen molar-refractivity contribution >= 4 is 15.9 Å². The molecule has 1 saturated heterocycles. The number of nitrogens with one attached hydrogen (secondary N) is 1. The van der Waals surface area contributed by atoms with E-state index in [1.807, 2.05) is 13.8 Å². The van der Waals surface area contributed by atoms with Crippen molar-refractivity contribution in [1.82, 2.24) is 10.2 Å². The first-order valence-electron chi connectivity index (χ1n) is 6.87. The smallest absolute Gasteiger partial charge is 0.253 e. The van der Waals surface area contributed by atoms with E-state index in [0.29, 0.717) is 24.2 Å². The molecule has 0 aromatic heterocycles. The Hall–Kier alpha value is -1.44. The molecule has 116 valence electrons. The minimum Gasteiger partial charge on any atom is -0.336 e. The Morgan fingerprint density at radius 1 is 1.29 bits per heavy atom. The number of aryl methyl sites for hydroxylation is 1. The molecule has 1 aliphatic heterocycles. The first kappa shape index (κ1) is 15.9. The molecule has 0 bridgehead atoms. The van der Waals surface area contributed by atoms with Gasteiger partial charge in [-0.25, -0.2) is 13.6 Å². The van der Waals surface area contributed by atoms with E-state index in [9.17, 15) is 13.2 Å². The van der Waals surface area contributed by atoms with Crippen LogP contribution in [0.15, 0.2) is 23.1 Å². The van der Waals surface area contributed by atoms with Crippen LogP contribution in [0.3, 0.4) is 0 Å². The largest absolute Gasteiger partial charge is 0.336 e. The summed E-state index contributed by atoms with van der Waals surface area (Å²) in [5.74, 6) is -0.0840. The van der Waals surface area contributed by atoms with E-state index in [0.717, 1.165) is 0 Å². The van der Waals surface area contributed by atoms with Crippen molar-refractivity contribution < 1.29 is 13.2 Å². The van der Waals surface area contributed by atoms with Gasteiger partial charge in [0.2, 0.25) is 10.0 Å². The van der Waals surface area contributed by atoms with Gasteiger partial charge in [-0.3, -0.25) is 4.79 Å². The van der Waals surface area contributed by atoms with Gasteiger partial charge in [0, 0.05) is 30.7 Å². The lowest BCUT2D eigenvalue weighted by molar-refractivity contribution is 0.0673. The molecule has 2 atom stereocenters. The highest BCUT2D eigenvalue weighted by Crippen LogP contribution is 2.17. The highest BCUT2D eigenvalue weighted by Gasteiger charge is 2.26. The van der Waals surface area contributed by atoms with Gasteiger partial charge in [0.05, 0.1) is 4.90 Å². The van der Waals surface area contributed by atoms with Crippen molar-refractivity contribution in [2.75, 3.05) is 13.1 Å². The second-order valence-electron chi connectivity index (χ2n) is 5.70. The molecule has 3 N–H and O–H groups in total. The fourth-order valence-corrected chi connectivity index (χ4v) is 3.54. The maximum Gasteiger partial charge on any atom is 0.253 e. The van der Waals surface area contributed by atoms with Gasteiger partial charge in [0.15, 0.2) is 0 Å². The Morgan fingerprint density at radius 2 is 1.86 bits per heavy atom. The van der Waals surface area contributed by atoms with Crippen LogP contribution in [0.2, 0.25) is 0 Å². The number of hydrogen-bond acceptors (Lipinski definition) is 4. The van der Waals surface area contributed by atoms with Crippen LogP contribution in [0, 0.1) is 6.92 Å². The van der Waals surface area contributed by atoms with Gasteiger partial charge in [-0.2, -0.15) is 0 Å². The average molecular weight is 311 g/mol. The Morgan fingerprint density at radius 3 is 2.33 bits per heavy atom. The van der Waals surface area contributed by atoms with E-state index < -0.39 is 10.0 Å². The predicted octanol–water partition coefficient (Wildman–Crippen LogP) is 0.465. The van der Waals surface area contributed by atoms with Crippen LogP contribution < -0.4 is 10.5 Å². The van der Waals surface area contributed by atoms with Gasteiger partial charge in [0.1, 0.15) is 0 Å². The van der Waals surface area contributed by atoms with Crippen molar-refractivity contribution in [2.24, 2.45) is 5.14 Å². The molecular weight excluding hydrogens is 290 g/mol. The van der Waals surface area contributed by atoms with E-state index in [-0.39, 0.29) is 22.9 Å². The summed E-state index contributed by atoms with van der Waals surface area (Å²) in [4.78, 5) is 14.4. The third kappa shape index (κ3) is 3.61. The zero-order chi connectivity index (χ0) is 15.8. The summed E-state index contributed by atoms with van der Waals surface area (Å²) in [5, 5.41) is 8.50. The molecule has 0 spiro atoms. The maximum atomic E-state index is 12.5. The van der Waals surface area contributed by atoms with E-state index >= 15 is 0 Å². The van der Waals surface area contributed by atoms with E-state index in [1.165, 1.54) is 12.1 Å². The zero-order valence-corrected chi connectivity index (χ0v) is 13.3. The molecular formula is C14H21N3O3S. The lowest BCUT2D eigenvalue weighted by Gasteiger charge is -2.36. The molecule has 2 rings (SSSR count). The molecule has 0 saturated carbocycles. The average Bonchev–Trinajstić information content (AvgIpc) is 2.35. The number of piperazine rings is 1. The van der Waals surface area contributed by atoms with E-state index in [2.05, 4.69) is 5.32 Å². The van der Waals surface area contributed by atoms with Crippen LogP contribution in [0.1, 0.15) is 29.8 Å². The van der Waals surface area contributed by atoms with Gasteiger partial charge in [-0.1, -0.05) is 0 Å². The molecule has 0 radical (unpaired) electrons. The van der Waals surface area contributed by atoms with Crippen LogP contribution in [-0.2, 0) is 10.0 Å². The topological polar surface area (TPSA) is 92.5 Å². The van der Waals surface area contributed by atoms with Crippen LogP contribution in [0.5, 0.6) is 0 Å². The SMILES string of the molecule is Cc1cc(C(=O)N2CC(C)NC(C)C2)ccc1S(N)(=O)=O. The number of hydrogen-bond donors (Lipinski definition) is 2. The molecule has 1 aromatic carbocycles. The first-order chi connectivity index (χ1) is 9.68. The van der Waals surface area contributed by atoms with Crippen molar-refractivity contribution in [1.29, 1.82) is 0 Å². The highest BCUT2D eigenvalue weighted by atomic mass is 32.2. The maximum absolute atomic E-state index is 12.5. The number of benzene rings is 1. The molecule has 21 heavy (non-hydrogen) atoms. The minimum atomic E-state index is -3.75. The summed E-state index contributed by atoms with van der Waals surface area (Å²) < 4.78 is 22.8. The van der Waals surface area contributed by atoms with Crippen molar-refractivity contribution in [3.8, 4) is 0 Å². The predicted molar refractivity (Wildman–Crippen MR) is 80.5 cm³/mol. The molecule has 1 fully saturated rings. The van der Waals surface area contributed by atoms with Gasteiger partial charge >= 0.3 is 0 Å². The van der Waals surface area contributed by atoms with Crippen LogP contribution in [0.4, 0.5) is 0 Å². The number of nitrogens with two attached hydrogens (primary N) is 1. The lowest BCUT2D eigenvalue weighted by atomic mass is 10.1. The number of amides is 1. The molecule has 1 aliphatic rings. The van der Waals surface area contributed by atoms with Crippen molar-refractivity contribution in [3.05, 3.63) is 29.3 Å². The molecule has 2 unspecified atom stereocenters. The molecule has 0 aliphatic carbocycles. The summed E-state index contributed by atoms with van der Waals surface area (Å²) in [7, 11) is -3.75. The lowest BCUT2D eigenvalue weighted by Crippen LogP contribution is -2.55. The second-order valence-corrected chi connectivity index (χ2v) is 7.23. The van der Waals surface area contributed by atoms with E-state index in [4.69, 9.17) is 5.14 Å². The zero-order valence-electron chi connectivity index (χ0n) is 12.5. The van der Waals surface area contributed by atoms with E-state index in [1.54, 1.807) is 17.9 Å². The summed E-state index contributed by atoms with van der Waals surface area (Å²) in [6.45, 7) is 6.98. The number of carbonyl (C=O) groups is 1. The Kier molecular flexibility index (Phi) is 4.36. The Labute approximate surface area is 125 Å². The standard InChI is InChI=1S/C14H21N3O3S/c1-9-6-12(4-5-13(9)21(15,19)20)14(18)17-7-10(2)16-11(3)8-17/h4-6,10-11,16H,7-8H2,1-3H3,(H2,15,19,20). The van der Waals surface area contributed by atoms with Gasteiger partial charge < -0.3 is 10.2 Å². The number of rotatable bonds is 2. The van der Waals surface area contributed by atoms with Crippen LogP contribution >= 0.6 is 0 Å². The number of sulfonamides is 1. The van der Waals surface area contributed by atoms with Crippen LogP contribution in [0.25, 0.3) is 0 Å². The monoisotopic (exact) mass is 311 g/mol. The Balaban J connectivity index is 2.26. The van der Waals surface area contributed by atoms with Crippen molar-refractivity contribution in [3.63, 3.8) is 0 Å². The third-order valence-corrected chi connectivity index (χ3v) is 4.64. The van der Waals surface area contributed by atoms with Crippen LogP contribution in [-0.4, -0.2) is 44.4 Å². The quantitative estimate of drug-likeness (QED) is 0.830. The van der Waals surface area contributed by atoms with Crippen molar-refractivity contribution in [2.45, 2.75) is 37.8 Å². The van der Waals surface area contributed by atoms with Gasteiger partial charge in [-0.15, -0.1) is 0 Å². The highest BCUT2D eigenvalue weighted by molar-refractivity contribution is 7.89. The fraction of sp³-hybridized carbons (Fsp3) is 0.500. The number of primary sulfonamides is 1. The van der Waals surface area contributed by atoms with Gasteiger partial charge in [-0.05, 0) is 44.5 Å². The normalized spacial score (nSPS) is 23.1. The third-order valence-electron chi connectivity index (χ3n) is 3.57. The molecule has 1 heterocycles. The molecule has 1 amide bonds.